The van der Waals surface area contributed by atoms with Crippen LogP contribution in [0.15, 0.2) is 18.2 Å². The van der Waals surface area contributed by atoms with Crippen molar-refractivity contribution in [3.8, 4) is 0 Å². The predicted molar refractivity (Wildman–Crippen MR) is 68.7 cm³/mol. The van der Waals surface area contributed by atoms with E-state index in [0.29, 0.717) is 11.3 Å². The fourth-order valence-electron chi connectivity index (χ4n) is 1.83. The Morgan fingerprint density at radius 3 is 2.79 bits per heavy atom. The first-order chi connectivity index (χ1) is 8.87. The van der Waals surface area contributed by atoms with Gasteiger partial charge in [0.15, 0.2) is 4.77 Å². The molecule has 0 aliphatic heterocycles. The minimum Gasteiger partial charge on any atom is -0.370 e. The van der Waals surface area contributed by atoms with Gasteiger partial charge in [0.05, 0.1) is 17.6 Å². The third kappa shape index (κ3) is 3.57. The van der Waals surface area contributed by atoms with Crippen LogP contribution in [0, 0.1) is 11.7 Å². The summed E-state index contributed by atoms with van der Waals surface area (Å²) in [5, 5.41) is 0. The predicted octanol–water partition coefficient (Wildman–Crippen LogP) is 3.59. The van der Waals surface area contributed by atoms with Crippen LogP contribution >= 0.6 is 12.2 Å². The molecule has 0 saturated carbocycles. The van der Waals surface area contributed by atoms with Gasteiger partial charge in [-0.3, -0.25) is 0 Å². The fourth-order valence-corrected chi connectivity index (χ4v) is 2.13. The number of H-pyrrole nitrogens is 1. The zero-order chi connectivity index (χ0) is 14.0. The summed E-state index contributed by atoms with van der Waals surface area (Å²) < 4.78 is 42.7. The van der Waals surface area contributed by atoms with Gasteiger partial charge in [0.25, 0.3) is 0 Å². The molecular weight excluding hydrogens is 277 g/mol. The third-order valence-electron chi connectivity index (χ3n) is 2.66. The van der Waals surface area contributed by atoms with Crippen LogP contribution in [0.4, 0.5) is 13.2 Å². The average molecular weight is 290 g/mol. The highest BCUT2D eigenvalue weighted by atomic mass is 32.1. The Bertz CT molecular complexity index is 630. The van der Waals surface area contributed by atoms with E-state index in [-0.39, 0.29) is 6.61 Å². The number of hydrogen-bond acceptors (Lipinski definition) is 2. The number of ether oxygens (including phenoxy) is 1. The van der Waals surface area contributed by atoms with Crippen molar-refractivity contribution in [1.29, 1.82) is 0 Å². The molecule has 7 heteroatoms. The van der Waals surface area contributed by atoms with E-state index in [1.165, 1.54) is 0 Å². The van der Waals surface area contributed by atoms with Gasteiger partial charge in [-0.25, -0.2) is 0 Å². The van der Waals surface area contributed by atoms with Crippen LogP contribution in [0.1, 0.15) is 5.56 Å². The van der Waals surface area contributed by atoms with Crippen molar-refractivity contribution < 1.29 is 17.9 Å². The fraction of sp³-hybridized carbons (Fsp3) is 0.417. The lowest BCUT2D eigenvalue weighted by Gasteiger charge is -2.08. The van der Waals surface area contributed by atoms with E-state index in [9.17, 15) is 13.2 Å². The summed E-state index contributed by atoms with van der Waals surface area (Å²) >= 11 is 5.15. The molecule has 0 amide bonds. The molecule has 0 aliphatic rings. The van der Waals surface area contributed by atoms with Gasteiger partial charge in [0.1, 0.15) is 6.61 Å². The standard InChI is InChI=1S/C12H13F3N2OS/c1-8-2-3-9-10(6-8)17(11(19)16-9)4-5-18-7-12(13,14)15/h2-3,6H,4-5,7H2,1H3,(H,16,19). The van der Waals surface area contributed by atoms with E-state index in [1.807, 2.05) is 25.1 Å². The molecule has 0 bridgehead atoms. The highest BCUT2D eigenvalue weighted by Crippen LogP contribution is 2.17. The van der Waals surface area contributed by atoms with Crippen molar-refractivity contribution in [2.24, 2.45) is 0 Å². The number of aromatic amines is 1. The zero-order valence-electron chi connectivity index (χ0n) is 10.3. The molecule has 0 fully saturated rings. The molecule has 3 nitrogen and oxygen atoms in total. The first kappa shape index (κ1) is 14.1. The van der Waals surface area contributed by atoms with Gasteiger partial charge in [0, 0.05) is 6.54 Å². The van der Waals surface area contributed by atoms with Crippen molar-refractivity contribution in [2.45, 2.75) is 19.6 Å². The van der Waals surface area contributed by atoms with Gasteiger partial charge in [-0.2, -0.15) is 13.2 Å². The number of nitrogens with zero attached hydrogens (tertiary/aromatic N) is 1. The van der Waals surface area contributed by atoms with Crippen LogP contribution in [0.2, 0.25) is 0 Å². The molecule has 0 saturated heterocycles. The normalized spacial score (nSPS) is 12.2. The van der Waals surface area contributed by atoms with Gasteiger partial charge in [-0.05, 0) is 36.8 Å². The van der Waals surface area contributed by atoms with Gasteiger partial charge in [-0.15, -0.1) is 0 Å². The second-order valence-corrected chi connectivity index (χ2v) is 4.66. The first-order valence-electron chi connectivity index (χ1n) is 5.70. The highest BCUT2D eigenvalue weighted by molar-refractivity contribution is 7.71. The topological polar surface area (TPSA) is 29.9 Å². The van der Waals surface area contributed by atoms with Gasteiger partial charge >= 0.3 is 6.18 Å². The minimum atomic E-state index is -4.29. The van der Waals surface area contributed by atoms with Crippen LogP contribution in [-0.2, 0) is 11.3 Å². The number of aromatic nitrogens is 2. The van der Waals surface area contributed by atoms with Crippen LogP contribution < -0.4 is 0 Å². The molecule has 2 rings (SSSR count). The van der Waals surface area contributed by atoms with Crippen LogP contribution in [0.25, 0.3) is 11.0 Å². The van der Waals surface area contributed by atoms with Gasteiger partial charge < -0.3 is 14.3 Å². The number of halogens is 3. The van der Waals surface area contributed by atoms with Crippen molar-refractivity contribution in [2.75, 3.05) is 13.2 Å². The highest BCUT2D eigenvalue weighted by Gasteiger charge is 2.27. The quantitative estimate of drug-likeness (QED) is 0.689. The molecule has 0 atom stereocenters. The Kier molecular flexibility index (Phi) is 3.96. The maximum absolute atomic E-state index is 11.9. The summed E-state index contributed by atoms with van der Waals surface area (Å²) in [7, 11) is 0. The SMILES string of the molecule is Cc1ccc2[nH]c(=S)n(CCOCC(F)(F)F)c2c1. The number of imidazole rings is 1. The summed E-state index contributed by atoms with van der Waals surface area (Å²) in [5.74, 6) is 0. The zero-order valence-corrected chi connectivity index (χ0v) is 11.1. The molecular formula is C12H13F3N2OS. The van der Waals surface area contributed by atoms with E-state index < -0.39 is 12.8 Å². The summed E-state index contributed by atoms with van der Waals surface area (Å²) in [6.07, 6.45) is -4.29. The number of fused-ring (bicyclic) bond motifs is 1. The number of nitrogens with one attached hydrogen (secondary N) is 1. The Hall–Kier alpha value is -1.34. The smallest absolute Gasteiger partial charge is 0.370 e. The van der Waals surface area contributed by atoms with Crippen molar-refractivity contribution >= 4 is 23.3 Å². The molecule has 104 valence electrons. The Balaban J connectivity index is 2.10. The molecule has 0 spiro atoms. The molecule has 0 aliphatic carbocycles. The van der Waals surface area contributed by atoms with E-state index >= 15 is 0 Å². The maximum atomic E-state index is 11.9. The summed E-state index contributed by atoms with van der Waals surface area (Å²) in [4.78, 5) is 3.01. The lowest BCUT2D eigenvalue weighted by atomic mass is 10.2. The lowest BCUT2D eigenvalue weighted by molar-refractivity contribution is -0.174. The van der Waals surface area contributed by atoms with E-state index in [2.05, 4.69) is 9.72 Å². The van der Waals surface area contributed by atoms with Crippen molar-refractivity contribution in [3.05, 3.63) is 28.5 Å². The second kappa shape index (κ2) is 5.34. The molecule has 0 radical (unpaired) electrons. The van der Waals surface area contributed by atoms with Crippen LogP contribution in [0.3, 0.4) is 0 Å². The molecule has 1 heterocycles. The van der Waals surface area contributed by atoms with E-state index in [4.69, 9.17) is 12.2 Å². The van der Waals surface area contributed by atoms with Gasteiger partial charge in [-0.1, -0.05) is 6.07 Å². The number of alkyl halides is 3. The minimum absolute atomic E-state index is 0.0330. The Labute approximate surface area is 113 Å². The molecule has 1 aromatic heterocycles. The molecule has 2 aromatic rings. The second-order valence-electron chi connectivity index (χ2n) is 4.27. The summed E-state index contributed by atoms with van der Waals surface area (Å²) in [5.41, 5.74) is 2.80. The number of hydrogen-bond donors (Lipinski definition) is 1. The summed E-state index contributed by atoms with van der Waals surface area (Å²) in [6, 6.07) is 5.77. The van der Waals surface area contributed by atoms with E-state index in [0.717, 1.165) is 16.6 Å². The monoisotopic (exact) mass is 290 g/mol. The van der Waals surface area contributed by atoms with Gasteiger partial charge in [0.2, 0.25) is 0 Å². The maximum Gasteiger partial charge on any atom is 0.411 e. The molecule has 0 unspecified atom stereocenters. The molecule has 19 heavy (non-hydrogen) atoms. The Morgan fingerprint density at radius 2 is 2.11 bits per heavy atom. The largest absolute Gasteiger partial charge is 0.411 e. The average Bonchev–Trinajstić information content (AvgIpc) is 2.59. The Morgan fingerprint density at radius 1 is 1.37 bits per heavy atom. The third-order valence-corrected chi connectivity index (χ3v) is 2.98. The van der Waals surface area contributed by atoms with Crippen molar-refractivity contribution in [1.82, 2.24) is 9.55 Å². The number of benzene rings is 1. The van der Waals surface area contributed by atoms with E-state index in [1.54, 1.807) is 4.57 Å². The molecule has 1 aromatic carbocycles. The van der Waals surface area contributed by atoms with Crippen molar-refractivity contribution in [3.63, 3.8) is 0 Å². The lowest BCUT2D eigenvalue weighted by Crippen LogP contribution is -2.19. The number of rotatable bonds is 4. The summed E-state index contributed by atoms with van der Waals surface area (Å²) in [6.45, 7) is 0.967. The molecule has 1 N–H and O–H groups in total. The first-order valence-corrected chi connectivity index (χ1v) is 6.11. The van der Waals surface area contributed by atoms with Crippen LogP contribution in [-0.4, -0.2) is 28.9 Å². The number of aryl methyl sites for hydroxylation is 1. The van der Waals surface area contributed by atoms with Crippen LogP contribution in [0.5, 0.6) is 0 Å².